The van der Waals surface area contributed by atoms with Gasteiger partial charge in [0.25, 0.3) is 5.91 Å². The first-order valence-corrected chi connectivity index (χ1v) is 8.79. The van der Waals surface area contributed by atoms with E-state index in [-0.39, 0.29) is 25.0 Å². The zero-order chi connectivity index (χ0) is 18.3. The van der Waals surface area contributed by atoms with Crippen molar-refractivity contribution < 1.29 is 19.4 Å². The van der Waals surface area contributed by atoms with Crippen LogP contribution in [0.2, 0.25) is 5.02 Å². The number of hydrogen-bond donors (Lipinski definition) is 1. The number of benzene rings is 1. The molecule has 26 heavy (non-hydrogen) atoms. The van der Waals surface area contributed by atoms with E-state index in [2.05, 4.69) is 5.10 Å². The summed E-state index contributed by atoms with van der Waals surface area (Å²) in [7, 11) is 0. The number of rotatable bonds is 3. The highest BCUT2D eigenvalue weighted by molar-refractivity contribution is 6.33. The zero-order valence-electron chi connectivity index (χ0n) is 14.0. The first kappa shape index (κ1) is 17.1. The molecule has 0 unspecified atom stereocenters. The van der Waals surface area contributed by atoms with E-state index in [0.29, 0.717) is 30.2 Å². The molecule has 3 heterocycles. The Morgan fingerprint density at radius 2 is 2.23 bits per heavy atom. The molecule has 2 aromatic rings. The van der Waals surface area contributed by atoms with Crippen LogP contribution < -0.4 is 0 Å². The molecule has 2 aliphatic rings. The number of carbonyl (C=O) groups excluding carboxylic acids is 1. The number of halogens is 1. The molecule has 1 aromatic heterocycles. The largest absolute Gasteiger partial charge is 0.481 e. The van der Waals surface area contributed by atoms with E-state index < -0.39 is 11.4 Å². The highest BCUT2D eigenvalue weighted by atomic mass is 35.5. The van der Waals surface area contributed by atoms with Crippen molar-refractivity contribution in [2.75, 3.05) is 26.3 Å². The number of aliphatic carboxylic acids is 1. The summed E-state index contributed by atoms with van der Waals surface area (Å²) in [4.78, 5) is 26.5. The Bertz CT molecular complexity index is 854. The van der Waals surface area contributed by atoms with Crippen molar-refractivity contribution in [2.45, 2.75) is 6.42 Å². The lowest BCUT2D eigenvalue weighted by Gasteiger charge is -2.33. The van der Waals surface area contributed by atoms with Gasteiger partial charge in [0.2, 0.25) is 0 Å². The topological polar surface area (TPSA) is 84.7 Å². The number of nitrogens with zero attached hydrogens (tertiary/aromatic N) is 3. The van der Waals surface area contributed by atoms with E-state index >= 15 is 0 Å². The zero-order valence-corrected chi connectivity index (χ0v) is 14.7. The number of aromatic nitrogens is 2. The summed E-state index contributed by atoms with van der Waals surface area (Å²) in [6.45, 7) is 1.19. The molecule has 136 valence electrons. The Labute approximate surface area is 155 Å². The van der Waals surface area contributed by atoms with Crippen molar-refractivity contribution >= 4 is 23.5 Å². The second-order valence-electron chi connectivity index (χ2n) is 6.80. The number of likely N-dealkylation sites (tertiary alicyclic amines) is 1. The van der Waals surface area contributed by atoms with E-state index in [1.165, 1.54) is 0 Å². The van der Waals surface area contributed by atoms with Gasteiger partial charge < -0.3 is 14.7 Å². The standard InChI is InChI=1S/C18H18ClN3O4/c19-15-3-2-13(22-6-1-5-20-22)8-14(15)16(23)21-9-12-4-7-26-11-18(12,10-21)17(24)25/h1-3,5-6,8,12H,4,7,9-11H2,(H,24,25)/t12-,18+/m0/s1. The minimum absolute atomic E-state index is 0.106. The molecule has 1 N–H and O–H groups in total. The second kappa shape index (κ2) is 6.41. The lowest BCUT2D eigenvalue weighted by molar-refractivity contribution is -0.159. The lowest BCUT2D eigenvalue weighted by Crippen LogP contribution is -2.46. The molecule has 0 bridgehead atoms. The van der Waals surface area contributed by atoms with Crippen molar-refractivity contribution in [1.29, 1.82) is 0 Å². The van der Waals surface area contributed by atoms with Crippen LogP contribution in [0.15, 0.2) is 36.7 Å². The highest BCUT2D eigenvalue weighted by Crippen LogP contribution is 2.42. The predicted octanol–water partition coefficient (Wildman–Crippen LogP) is 2.09. The van der Waals surface area contributed by atoms with Crippen LogP contribution in [0, 0.1) is 11.3 Å². The lowest BCUT2D eigenvalue weighted by atomic mass is 9.76. The van der Waals surface area contributed by atoms with Crippen molar-refractivity contribution in [2.24, 2.45) is 11.3 Å². The summed E-state index contributed by atoms with van der Waals surface area (Å²) in [5.74, 6) is -1.28. The van der Waals surface area contributed by atoms with Crippen LogP contribution in [0.4, 0.5) is 0 Å². The molecular weight excluding hydrogens is 358 g/mol. The molecule has 0 spiro atoms. The predicted molar refractivity (Wildman–Crippen MR) is 93.5 cm³/mol. The fourth-order valence-electron chi connectivity index (χ4n) is 3.86. The molecule has 1 aromatic carbocycles. The number of fused-ring (bicyclic) bond motifs is 1. The maximum absolute atomic E-state index is 13.1. The molecule has 2 atom stereocenters. The third kappa shape index (κ3) is 2.68. The summed E-state index contributed by atoms with van der Waals surface area (Å²) < 4.78 is 7.06. The van der Waals surface area contributed by atoms with Crippen molar-refractivity contribution in [1.82, 2.24) is 14.7 Å². The van der Waals surface area contributed by atoms with Crippen LogP contribution in [0.1, 0.15) is 16.8 Å². The van der Waals surface area contributed by atoms with Gasteiger partial charge in [0.15, 0.2) is 0 Å². The monoisotopic (exact) mass is 375 g/mol. The molecule has 2 fully saturated rings. The summed E-state index contributed by atoms with van der Waals surface area (Å²) in [6, 6.07) is 6.91. The van der Waals surface area contributed by atoms with E-state index in [1.54, 1.807) is 46.2 Å². The fourth-order valence-corrected chi connectivity index (χ4v) is 4.05. The molecule has 7 nitrogen and oxygen atoms in total. The minimum atomic E-state index is -1.03. The normalized spacial score (nSPS) is 25.1. The van der Waals surface area contributed by atoms with Gasteiger partial charge in [-0.1, -0.05) is 11.6 Å². The first-order valence-electron chi connectivity index (χ1n) is 8.41. The number of ether oxygens (including phenoxy) is 1. The van der Waals surface area contributed by atoms with Crippen LogP contribution in [0.25, 0.3) is 5.69 Å². The number of carbonyl (C=O) groups is 2. The number of amides is 1. The van der Waals surface area contributed by atoms with Crippen LogP contribution in [-0.4, -0.2) is 58.0 Å². The van der Waals surface area contributed by atoms with Gasteiger partial charge in [-0.2, -0.15) is 5.10 Å². The number of hydrogen-bond acceptors (Lipinski definition) is 4. The van der Waals surface area contributed by atoms with E-state index in [0.717, 1.165) is 5.69 Å². The average molecular weight is 376 g/mol. The molecule has 0 aliphatic carbocycles. The summed E-state index contributed by atoms with van der Waals surface area (Å²) in [5.41, 5.74) is 0.0374. The van der Waals surface area contributed by atoms with E-state index in [1.807, 2.05) is 0 Å². The SMILES string of the molecule is O=C(c1cc(-n2cccn2)ccc1Cl)N1C[C@@H]2CCOC[C@]2(C(=O)O)C1. The smallest absolute Gasteiger partial charge is 0.314 e. The Morgan fingerprint density at radius 1 is 1.38 bits per heavy atom. The fraction of sp³-hybridized carbons (Fsp3) is 0.389. The summed E-state index contributed by atoms with van der Waals surface area (Å²) in [5, 5.41) is 14.2. The van der Waals surface area contributed by atoms with Crippen LogP contribution in [-0.2, 0) is 9.53 Å². The molecule has 0 saturated carbocycles. The third-order valence-electron chi connectivity index (χ3n) is 5.33. The van der Waals surface area contributed by atoms with Gasteiger partial charge in [-0.05, 0) is 36.6 Å². The van der Waals surface area contributed by atoms with Crippen molar-refractivity contribution in [3.63, 3.8) is 0 Å². The highest BCUT2D eigenvalue weighted by Gasteiger charge is 2.55. The molecule has 4 rings (SSSR count). The summed E-state index contributed by atoms with van der Waals surface area (Å²) >= 11 is 6.26. The third-order valence-corrected chi connectivity index (χ3v) is 5.66. The molecule has 8 heteroatoms. The van der Waals surface area contributed by atoms with Gasteiger partial charge in [-0.3, -0.25) is 9.59 Å². The van der Waals surface area contributed by atoms with E-state index in [9.17, 15) is 14.7 Å². The van der Waals surface area contributed by atoms with Gasteiger partial charge in [0, 0.05) is 32.1 Å². The Morgan fingerprint density at radius 3 is 2.92 bits per heavy atom. The maximum Gasteiger partial charge on any atom is 0.314 e. The molecular formula is C18H18ClN3O4. The average Bonchev–Trinajstić information content (AvgIpc) is 3.29. The molecule has 2 saturated heterocycles. The van der Waals surface area contributed by atoms with Gasteiger partial charge in [-0.15, -0.1) is 0 Å². The molecule has 0 radical (unpaired) electrons. The van der Waals surface area contributed by atoms with Gasteiger partial charge >= 0.3 is 5.97 Å². The molecule has 2 aliphatic heterocycles. The Balaban J connectivity index is 1.64. The van der Waals surface area contributed by atoms with Crippen molar-refractivity contribution in [3.8, 4) is 5.69 Å². The Kier molecular flexibility index (Phi) is 4.20. The summed E-state index contributed by atoms with van der Waals surface area (Å²) in [6.07, 6.45) is 4.06. The van der Waals surface area contributed by atoms with Crippen LogP contribution in [0.5, 0.6) is 0 Å². The minimum Gasteiger partial charge on any atom is -0.481 e. The first-order chi connectivity index (χ1) is 12.5. The van der Waals surface area contributed by atoms with Crippen molar-refractivity contribution in [3.05, 3.63) is 47.2 Å². The van der Waals surface area contributed by atoms with Crippen LogP contribution in [0.3, 0.4) is 0 Å². The molecule has 1 amide bonds. The number of carboxylic acid groups (broad SMARTS) is 1. The second-order valence-corrected chi connectivity index (χ2v) is 7.21. The van der Waals surface area contributed by atoms with Gasteiger partial charge in [0.05, 0.1) is 22.9 Å². The van der Waals surface area contributed by atoms with E-state index in [4.69, 9.17) is 16.3 Å². The van der Waals surface area contributed by atoms with Gasteiger partial charge in [-0.25, -0.2) is 4.68 Å². The quantitative estimate of drug-likeness (QED) is 0.887. The van der Waals surface area contributed by atoms with Gasteiger partial charge in [0.1, 0.15) is 5.41 Å². The Hall–Kier alpha value is -2.38. The maximum atomic E-state index is 13.1. The number of carboxylic acids is 1. The van der Waals surface area contributed by atoms with Crippen LogP contribution >= 0.6 is 11.6 Å².